The molecule has 0 bridgehead atoms. The van der Waals surface area contributed by atoms with Gasteiger partial charge in [0.25, 0.3) is 0 Å². The van der Waals surface area contributed by atoms with E-state index in [9.17, 15) is 14.4 Å². The fourth-order valence-electron chi connectivity index (χ4n) is 3.99. The Hall–Kier alpha value is -0.390. The molecule has 2 rings (SSSR count). The first-order valence-electron chi connectivity index (χ1n) is 7.09. The van der Waals surface area contributed by atoms with Gasteiger partial charge in [0.1, 0.15) is 0 Å². The van der Waals surface area contributed by atoms with Crippen molar-refractivity contribution in [3.63, 3.8) is 0 Å². The molecule has 0 aromatic rings. The van der Waals surface area contributed by atoms with Crippen molar-refractivity contribution in [3.8, 4) is 0 Å². The topological polar surface area (TPSA) is 77.3 Å². The van der Waals surface area contributed by atoms with E-state index in [4.69, 9.17) is 0 Å². The molecule has 4 unspecified atom stereocenters. The van der Waals surface area contributed by atoms with E-state index in [2.05, 4.69) is 17.6 Å². The van der Waals surface area contributed by atoms with Gasteiger partial charge >= 0.3 is 29.6 Å². The summed E-state index contributed by atoms with van der Waals surface area (Å²) in [4.78, 5) is 36.0. The van der Waals surface area contributed by atoms with E-state index in [1.807, 2.05) is 13.8 Å². The quantitative estimate of drug-likeness (QED) is 0.567. The maximum absolute atomic E-state index is 12.4. The number of imide groups is 2. The fraction of sp³-hybridized carbons (Fsp3) is 0.786. The summed E-state index contributed by atoms with van der Waals surface area (Å²) in [6.45, 7) is 6.08. The number of nitrogens with zero attached hydrogens (tertiary/aromatic N) is 1. The molecule has 6 heteroatoms. The number of hydrogen-bond donors (Lipinski definition) is 1. The monoisotopic (exact) mass is 288 g/mol. The van der Waals surface area contributed by atoms with Crippen LogP contribution in [-0.4, -0.2) is 17.8 Å². The Bertz CT molecular complexity index is 405. The van der Waals surface area contributed by atoms with Gasteiger partial charge < -0.3 is 10.6 Å². The molecule has 4 amide bonds. The Labute approximate surface area is 141 Å². The number of barbiturate groups is 1. The van der Waals surface area contributed by atoms with Crippen molar-refractivity contribution in [2.24, 2.45) is 23.2 Å². The molecule has 106 valence electrons. The molecule has 1 saturated heterocycles. The smallest absolute Gasteiger partial charge is 0.394 e. The van der Waals surface area contributed by atoms with Crippen LogP contribution >= 0.6 is 0 Å². The Morgan fingerprint density at radius 1 is 1.30 bits per heavy atom. The first kappa shape index (κ1) is 17.7. The summed E-state index contributed by atoms with van der Waals surface area (Å²) >= 11 is 0. The van der Waals surface area contributed by atoms with Gasteiger partial charge in [-0.2, -0.15) is 0 Å². The minimum atomic E-state index is -1.11. The van der Waals surface area contributed by atoms with E-state index in [1.54, 1.807) is 0 Å². The summed E-state index contributed by atoms with van der Waals surface area (Å²) in [5.74, 6) is -0.669. The van der Waals surface area contributed by atoms with E-state index in [0.29, 0.717) is 5.92 Å². The first-order valence-corrected chi connectivity index (χ1v) is 7.09. The van der Waals surface area contributed by atoms with Crippen molar-refractivity contribution in [3.05, 3.63) is 5.32 Å². The average molecular weight is 288 g/mol. The van der Waals surface area contributed by atoms with Gasteiger partial charge in [0.15, 0.2) is 17.8 Å². The Kier molecular flexibility index (Phi) is 5.81. The van der Waals surface area contributed by atoms with Gasteiger partial charge in [-0.25, -0.2) is 0 Å². The normalized spacial score (nSPS) is 36.5. The van der Waals surface area contributed by atoms with Gasteiger partial charge in [0.05, 0.1) is 5.41 Å². The molecule has 2 fully saturated rings. The predicted molar refractivity (Wildman–Crippen MR) is 70.3 cm³/mol. The minimum absolute atomic E-state index is 0. The minimum Gasteiger partial charge on any atom is -0.394 e. The number of carbonyl (C=O) groups is 3. The van der Waals surface area contributed by atoms with Crippen LogP contribution < -0.4 is 34.9 Å². The van der Waals surface area contributed by atoms with Crippen LogP contribution in [0.1, 0.15) is 46.5 Å². The summed E-state index contributed by atoms with van der Waals surface area (Å²) in [7, 11) is 0. The summed E-state index contributed by atoms with van der Waals surface area (Å²) in [6.07, 6.45) is 3.56. The second kappa shape index (κ2) is 6.58. The Morgan fingerprint density at radius 2 is 1.95 bits per heavy atom. The van der Waals surface area contributed by atoms with Crippen LogP contribution in [0.25, 0.3) is 5.32 Å². The van der Waals surface area contributed by atoms with Crippen LogP contribution in [0.4, 0.5) is 4.79 Å². The number of urea groups is 1. The first-order chi connectivity index (χ1) is 8.98. The van der Waals surface area contributed by atoms with Gasteiger partial charge in [-0.3, -0.25) is 14.4 Å². The molecule has 1 aliphatic heterocycles. The van der Waals surface area contributed by atoms with Crippen molar-refractivity contribution in [2.45, 2.75) is 46.5 Å². The fourth-order valence-corrected chi connectivity index (χ4v) is 3.99. The number of rotatable bonds is 3. The zero-order valence-electron chi connectivity index (χ0n) is 12.7. The molecule has 1 heterocycles. The summed E-state index contributed by atoms with van der Waals surface area (Å²) in [5.41, 5.74) is -1.11. The molecule has 1 spiro atoms. The molecule has 5 nitrogen and oxygen atoms in total. The predicted octanol–water partition coefficient (Wildman–Crippen LogP) is -0.391. The van der Waals surface area contributed by atoms with E-state index in [0.717, 1.165) is 25.7 Å². The van der Waals surface area contributed by atoms with Gasteiger partial charge in [-0.15, -0.1) is 0 Å². The standard InChI is InChI=1S/C14H22N2O3.Na/c1-4-6-10-7-9(5-2)8(3)14(10)11(17)15-13(19)16-12(14)18;/h8-10H,4-7H2,1-3H3,(H2,15,16,17,18,19);/q;+1/p-1. The van der Waals surface area contributed by atoms with Crippen LogP contribution in [0.3, 0.4) is 0 Å². The maximum atomic E-state index is 12.4. The zero-order chi connectivity index (χ0) is 14.2. The molecule has 1 N–H and O–H groups in total. The third-order valence-corrected chi connectivity index (χ3v) is 4.97. The summed E-state index contributed by atoms with van der Waals surface area (Å²) < 4.78 is 0. The largest absolute Gasteiger partial charge is 1.00 e. The summed E-state index contributed by atoms with van der Waals surface area (Å²) in [5, 5.41) is 5.75. The van der Waals surface area contributed by atoms with Crippen molar-refractivity contribution in [1.29, 1.82) is 0 Å². The van der Waals surface area contributed by atoms with Crippen LogP contribution in [0, 0.1) is 23.2 Å². The van der Waals surface area contributed by atoms with Gasteiger partial charge in [0, 0.05) is 0 Å². The Balaban J connectivity index is 0.00000200. The van der Waals surface area contributed by atoms with Gasteiger partial charge in [-0.1, -0.05) is 33.6 Å². The second-order valence-corrected chi connectivity index (χ2v) is 5.72. The summed E-state index contributed by atoms with van der Waals surface area (Å²) in [6, 6.07) is -0.817. The number of nitrogens with one attached hydrogen (secondary N) is 1. The third-order valence-electron chi connectivity index (χ3n) is 4.97. The van der Waals surface area contributed by atoms with Crippen molar-refractivity contribution in [1.82, 2.24) is 5.32 Å². The molecule has 0 aromatic heterocycles. The van der Waals surface area contributed by atoms with Crippen LogP contribution in [-0.2, 0) is 9.59 Å². The molecule has 0 radical (unpaired) electrons. The zero-order valence-corrected chi connectivity index (χ0v) is 14.7. The molecule has 1 saturated carbocycles. The average Bonchev–Trinajstić information content (AvgIpc) is 2.61. The van der Waals surface area contributed by atoms with Crippen LogP contribution in [0.15, 0.2) is 0 Å². The molecular weight excluding hydrogens is 267 g/mol. The van der Waals surface area contributed by atoms with Crippen molar-refractivity contribution in [2.75, 3.05) is 0 Å². The van der Waals surface area contributed by atoms with Gasteiger partial charge in [-0.05, 0) is 30.6 Å². The molecule has 0 aromatic carbocycles. The third kappa shape index (κ3) is 2.44. The number of carbonyl (C=O) groups excluding carboxylic acids is 3. The SMILES string of the molecule is CCCC1CC(CC)C(C)C12C(=O)[N-]C(=O)NC2=O.[Na+]. The molecule has 2 aliphatic rings. The van der Waals surface area contributed by atoms with Crippen molar-refractivity contribution >= 4 is 17.8 Å². The van der Waals surface area contributed by atoms with E-state index < -0.39 is 23.3 Å². The van der Waals surface area contributed by atoms with Gasteiger partial charge in [0.2, 0.25) is 0 Å². The van der Waals surface area contributed by atoms with Crippen LogP contribution in [0.5, 0.6) is 0 Å². The molecule has 20 heavy (non-hydrogen) atoms. The molecule has 4 atom stereocenters. The maximum Gasteiger partial charge on any atom is 1.00 e. The van der Waals surface area contributed by atoms with E-state index >= 15 is 0 Å². The van der Waals surface area contributed by atoms with Crippen molar-refractivity contribution < 1.29 is 43.9 Å². The van der Waals surface area contributed by atoms with Crippen LogP contribution in [0.2, 0.25) is 0 Å². The molecule has 1 aliphatic carbocycles. The Morgan fingerprint density at radius 3 is 2.45 bits per heavy atom. The number of hydrogen-bond acceptors (Lipinski definition) is 3. The van der Waals surface area contributed by atoms with E-state index in [1.165, 1.54) is 0 Å². The van der Waals surface area contributed by atoms with E-state index in [-0.39, 0.29) is 41.4 Å². The number of amides is 4. The second-order valence-electron chi connectivity index (χ2n) is 5.72. The molecular formula is C14H21N2NaO3.